The minimum Gasteiger partial charge on any atom is -0.457 e. The molecule has 0 spiro atoms. The number of carbonyl (C=O) groups excluding carboxylic acids is 1. The van der Waals surface area contributed by atoms with E-state index in [-0.39, 0.29) is 19.6 Å². The lowest BCUT2D eigenvalue weighted by Gasteiger charge is -2.41. The van der Waals surface area contributed by atoms with E-state index in [1.165, 1.54) is 135 Å². The van der Waals surface area contributed by atoms with Gasteiger partial charge in [-0.15, -0.1) is 0 Å². The van der Waals surface area contributed by atoms with E-state index in [0.717, 1.165) is 83.5 Å². The Balaban J connectivity index is 2.29. The Bertz CT molecular complexity index is 1480. The van der Waals surface area contributed by atoms with Crippen LogP contribution >= 0.6 is 0 Å². The topological polar surface area (TPSA) is 178 Å². The number of aliphatic hydroxyl groups is 3. The SMILES string of the molecule is CC/C=C\C/C=C\C/C=C\C/C=C\CCCCCCCCC(=O)OC(COCCCCCCCCCCCCCCCC/C=C\CCCCCCCCCC)COC1OC(CO)C(O)C(OS(=O)(=O)O)C1O. The van der Waals surface area contributed by atoms with Crippen LogP contribution in [0, 0.1) is 0 Å². The van der Waals surface area contributed by atoms with Crippen molar-refractivity contribution in [3.63, 3.8) is 0 Å². The third-order valence-corrected chi connectivity index (χ3v) is 13.6. The van der Waals surface area contributed by atoms with Crippen molar-refractivity contribution < 1.29 is 56.2 Å². The second-order valence-corrected chi connectivity index (χ2v) is 20.9. The van der Waals surface area contributed by atoms with Crippen LogP contribution in [0.15, 0.2) is 60.8 Å². The van der Waals surface area contributed by atoms with Crippen molar-refractivity contribution in [2.75, 3.05) is 26.4 Å². The van der Waals surface area contributed by atoms with E-state index in [1.807, 2.05) is 0 Å². The summed E-state index contributed by atoms with van der Waals surface area (Å²) in [6.07, 6.45) is 55.5. The molecule has 1 aliphatic heterocycles. The standard InChI is InChI=1S/C59H106O12S/c1-3-5-7-9-11-13-15-17-19-21-23-24-25-26-27-28-29-31-33-35-37-39-41-43-45-47-49-67-51-53(52-68-59-57(63)58(71-72(64,65)66)56(62)54(50-60)70-59)69-55(61)48-46-44-42-40-38-36-34-32-30-22-20-18-16-14-12-10-8-6-4-2/h6,8,12,14,18,20-21,23,30,32,53-54,56-60,62-63H,3-5,7,9-11,13,15-17,19,22,24-29,31,33-52H2,1-2H3,(H,64,65,66)/b8-6-,14-12-,20-18-,23-21-,32-30-. The van der Waals surface area contributed by atoms with E-state index in [9.17, 15) is 33.1 Å². The smallest absolute Gasteiger partial charge is 0.397 e. The van der Waals surface area contributed by atoms with Crippen LogP contribution in [0.3, 0.4) is 0 Å². The minimum atomic E-state index is -5.07. The highest BCUT2D eigenvalue weighted by Crippen LogP contribution is 2.26. The predicted octanol–water partition coefficient (Wildman–Crippen LogP) is 14.4. The molecule has 12 nitrogen and oxygen atoms in total. The molecule has 0 aromatic heterocycles. The predicted molar refractivity (Wildman–Crippen MR) is 294 cm³/mol. The van der Waals surface area contributed by atoms with Crippen molar-refractivity contribution >= 4 is 16.4 Å². The van der Waals surface area contributed by atoms with Gasteiger partial charge in [0.1, 0.15) is 30.5 Å². The number of allylic oxidation sites excluding steroid dienone is 10. The zero-order chi connectivity index (χ0) is 52.4. The Hall–Kier alpha value is -2.20. The van der Waals surface area contributed by atoms with Gasteiger partial charge < -0.3 is 34.3 Å². The second-order valence-electron chi connectivity index (χ2n) is 19.8. The first-order chi connectivity index (χ1) is 35.1. The number of unbranched alkanes of at least 4 members (excludes halogenated alkanes) is 28. The van der Waals surface area contributed by atoms with E-state index < -0.39 is 59.8 Å². The molecular formula is C59H106O12S. The summed E-state index contributed by atoms with van der Waals surface area (Å²) < 4.78 is 59.4. The van der Waals surface area contributed by atoms with Gasteiger partial charge in [0.2, 0.25) is 0 Å². The fourth-order valence-corrected chi connectivity index (χ4v) is 9.29. The maximum Gasteiger partial charge on any atom is 0.397 e. The lowest BCUT2D eigenvalue weighted by molar-refractivity contribution is -0.301. The Morgan fingerprint density at radius 1 is 0.542 bits per heavy atom. The molecule has 0 aromatic carbocycles. The Kier molecular flexibility index (Phi) is 46.8. The molecule has 13 heteroatoms. The van der Waals surface area contributed by atoms with Crippen molar-refractivity contribution in [1.29, 1.82) is 0 Å². The van der Waals surface area contributed by atoms with Gasteiger partial charge in [-0.05, 0) is 77.0 Å². The molecule has 0 saturated carbocycles. The van der Waals surface area contributed by atoms with Crippen LogP contribution < -0.4 is 0 Å². The number of hydrogen-bond donors (Lipinski definition) is 4. The van der Waals surface area contributed by atoms with E-state index in [1.54, 1.807) is 0 Å². The second kappa shape index (κ2) is 49.7. The van der Waals surface area contributed by atoms with Crippen LogP contribution in [0.1, 0.15) is 245 Å². The van der Waals surface area contributed by atoms with Crippen molar-refractivity contribution in [3.05, 3.63) is 60.8 Å². The summed E-state index contributed by atoms with van der Waals surface area (Å²) in [5.74, 6) is -0.411. The van der Waals surface area contributed by atoms with Crippen molar-refractivity contribution in [2.24, 2.45) is 0 Å². The normalized spacial score (nSPS) is 19.3. The zero-order valence-electron chi connectivity index (χ0n) is 45.5. The third-order valence-electron chi connectivity index (χ3n) is 13.1. The summed E-state index contributed by atoms with van der Waals surface area (Å²) in [6.45, 7) is 3.89. The molecule has 6 unspecified atom stereocenters. The molecule has 0 aliphatic carbocycles. The Labute approximate surface area is 439 Å². The lowest BCUT2D eigenvalue weighted by Crippen LogP contribution is -2.60. The zero-order valence-corrected chi connectivity index (χ0v) is 46.3. The number of aliphatic hydroxyl groups excluding tert-OH is 3. The maximum atomic E-state index is 12.9. The van der Waals surface area contributed by atoms with E-state index in [4.69, 9.17) is 18.9 Å². The highest BCUT2D eigenvalue weighted by molar-refractivity contribution is 7.80. The number of rotatable bonds is 51. The fraction of sp³-hybridized carbons (Fsp3) is 0.814. The molecule has 4 N–H and O–H groups in total. The summed E-state index contributed by atoms with van der Waals surface area (Å²) >= 11 is 0. The van der Waals surface area contributed by atoms with Crippen molar-refractivity contribution in [3.8, 4) is 0 Å². The molecule has 1 rings (SSSR count). The first-order valence-electron chi connectivity index (χ1n) is 29.0. The summed E-state index contributed by atoms with van der Waals surface area (Å²) in [5, 5.41) is 30.8. The molecule has 72 heavy (non-hydrogen) atoms. The third kappa shape index (κ3) is 42.1. The van der Waals surface area contributed by atoms with Crippen LogP contribution in [0.5, 0.6) is 0 Å². The summed E-state index contributed by atoms with van der Waals surface area (Å²) in [7, 11) is -5.07. The van der Waals surface area contributed by atoms with Gasteiger partial charge in [-0.25, -0.2) is 4.18 Å². The first kappa shape index (κ1) is 67.8. The largest absolute Gasteiger partial charge is 0.457 e. The van der Waals surface area contributed by atoms with Gasteiger partial charge in [0.15, 0.2) is 6.29 Å². The molecule has 0 radical (unpaired) electrons. The Morgan fingerprint density at radius 3 is 1.42 bits per heavy atom. The molecule has 1 saturated heterocycles. The maximum absolute atomic E-state index is 12.9. The van der Waals surface area contributed by atoms with Gasteiger partial charge in [0.25, 0.3) is 0 Å². The summed E-state index contributed by atoms with van der Waals surface area (Å²) in [5.41, 5.74) is 0. The molecule has 0 bridgehead atoms. The molecule has 6 atom stereocenters. The Morgan fingerprint density at radius 2 is 0.958 bits per heavy atom. The van der Waals surface area contributed by atoms with Crippen molar-refractivity contribution in [1.82, 2.24) is 0 Å². The van der Waals surface area contributed by atoms with Crippen molar-refractivity contribution in [2.45, 2.75) is 282 Å². The van der Waals surface area contributed by atoms with Gasteiger partial charge in [0.05, 0.1) is 19.8 Å². The van der Waals surface area contributed by atoms with Gasteiger partial charge in [-0.2, -0.15) is 8.42 Å². The van der Waals surface area contributed by atoms with Gasteiger partial charge >= 0.3 is 16.4 Å². The fourth-order valence-electron chi connectivity index (χ4n) is 8.78. The average molecular weight is 1040 g/mol. The molecule has 0 amide bonds. The minimum absolute atomic E-state index is 0.0294. The van der Waals surface area contributed by atoms with E-state index in [2.05, 4.69) is 78.8 Å². The number of esters is 1. The van der Waals surface area contributed by atoms with E-state index in [0.29, 0.717) is 13.0 Å². The van der Waals surface area contributed by atoms with Gasteiger partial charge in [-0.3, -0.25) is 9.35 Å². The first-order valence-corrected chi connectivity index (χ1v) is 30.4. The molecule has 1 aliphatic rings. The number of carbonyl (C=O) groups is 1. The van der Waals surface area contributed by atoms with Crippen LogP contribution in [0.4, 0.5) is 0 Å². The molecular weight excluding hydrogens is 933 g/mol. The highest BCUT2D eigenvalue weighted by Gasteiger charge is 2.48. The monoisotopic (exact) mass is 1040 g/mol. The van der Waals surface area contributed by atoms with Gasteiger partial charge in [-0.1, -0.05) is 222 Å². The van der Waals surface area contributed by atoms with Gasteiger partial charge in [0, 0.05) is 13.0 Å². The quantitative estimate of drug-likeness (QED) is 0.0196. The summed E-state index contributed by atoms with van der Waals surface area (Å²) in [6, 6.07) is 0. The van der Waals surface area contributed by atoms with Crippen LogP contribution in [0.25, 0.3) is 0 Å². The average Bonchev–Trinajstić information content (AvgIpc) is 3.36. The van der Waals surface area contributed by atoms with Crippen LogP contribution in [-0.2, 0) is 38.3 Å². The molecule has 420 valence electrons. The number of hydrogen-bond acceptors (Lipinski definition) is 11. The molecule has 1 fully saturated rings. The van der Waals surface area contributed by atoms with Crippen LogP contribution in [0.2, 0.25) is 0 Å². The highest BCUT2D eigenvalue weighted by atomic mass is 32.3. The molecule has 0 aromatic rings. The summed E-state index contributed by atoms with van der Waals surface area (Å²) in [4.78, 5) is 12.9. The van der Waals surface area contributed by atoms with Crippen LogP contribution in [-0.4, -0.2) is 97.5 Å². The lowest BCUT2D eigenvalue weighted by atomic mass is 9.99. The number of ether oxygens (including phenoxy) is 4. The van der Waals surface area contributed by atoms with E-state index >= 15 is 0 Å². The molecule has 1 heterocycles.